The maximum Gasteiger partial charge on any atom is 0.171 e. The third-order valence-electron chi connectivity index (χ3n) is 6.36. The molecular formula is C26H26N2O2S. The average molecular weight is 431 g/mol. The van der Waals surface area contributed by atoms with Gasteiger partial charge in [-0.05, 0) is 54.7 Å². The second kappa shape index (κ2) is 7.97. The highest BCUT2D eigenvalue weighted by molar-refractivity contribution is 7.14. The Bertz CT molecular complexity index is 1150. The van der Waals surface area contributed by atoms with Gasteiger partial charge in [0.1, 0.15) is 5.75 Å². The van der Waals surface area contributed by atoms with Crippen molar-refractivity contribution in [3.8, 4) is 5.75 Å². The number of ketones is 1. The van der Waals surface area contributed by atoms with Crippen LogP contribution in [0.4, 0.5) is 5.69 Å². The molecule has 2 unspecified atom stereocenters. The molecule has 1 aliphatic heterocycles. The van der Waals surface area contributed by atoms with Crippen LogP contribution in [0.1, 0.15) is 45.8 Å². The number of hydrogen-bond donors (Lipinski definition) is 1. The molecule has 3 aliphatic rings. The molecule has 3 atom stereocenters. The first-order chi connectivity index (χ1) is 15.1. The van der Waals surface area contributed by atoms with Gasteiger partial charge in [0.05, 0.1) is 24.4 Å². The standard InChI is InChI=1S/C26H26N2O2S/c1-15(26(29)16-11-17(27-2)13-18(12-16)30-3)23-9-10-24(31-23)25-21-14-20(21)19-7-5-4-6-8-22(19)28-25/h4,6-13,15,20-21,27H,5,14H2,1-3H3/t15-,20?,21?/m1/s1. The predicted octanol–water partition coefficient (Wildman–Crippen LogP) is 5.99. The van der Waals surface area contributed by atoms with Crippen LogP contribution >= 0.6 is 11.3 Å². The highest BCUT2D eigenvalue weighted by atomic mass is 32.1. The van der Waals surface area contributed by atoms with Gasteiger partial charge in [-0.25, -0.2) is 0 Å². The van der Waals surface area contributed by atoms with E-state index in [4.69, 9.17) is 9.73 Å². The second-order valence-electron chi connectivity index (χ2n) is 8.31. The number of aliphatic imine (C=N–C) groups is 1. The summed E-state index contributed by atoms with van der Waals surface area (Å²) in [4.78, 5) is 20.5. The molecule has 31 heavy (non-hydrogen) atoms. The number of nitrogens with zero attached hydrogens (tertiary/aromatic N) is 1. The number of thiophene rings is 1. The highest BCUT2D eigenvalue weighted by Crippen LogP contribution is 2.53. The van der Waals surface area contributed by atoms with Crippen LogP contribution in [-0.4, -0.2) is 25.7 Å². The number of rotatable bonds is 6. The first-order valence-corrected chi connectivity index (χ1v) is 11.6. The highest BCUT2D eigenvalue weighted by Gasteiger charge is 2.48. The first-order valence-electron chi connectivity index (χ1n) is 10.8. The SMILES string of the molecule is CNc1cc(OC)cc(C(=O)[C@H](C)c2ccc(C3=NC4=CC=CCC=C4C4CC34)s2)c1. The smallest absolute Gasteiger partial charge is 0.171 e. The maximum absolute atomic E-state index is 13.2. The lowest BCUT2D eigenvalue weighted by Crippen LogP contribution is -2.11. The first kappa shape index (κ1) is 20.0. The molecule has 1 fully saturated rings. The van der Waals surface area contributed by atoms with E-state index in [1.165, 1.54) is 22.6 Å². The lowest BCUT2D eigenvalue weighted by Gasteiger charge is -2.16. The van der Waals surface area contributed by atoms with E-state index in [1.807, 2.05) is 32.2 Å². The third kappa shape index (κ3) is 3.68. The number of Topliss-reactive ketones (excluding diaryl/α,β-unsaturated/α-hetero) is 1. The van der Waals surface area contributed by atoms with Crippen LogP contribution in [-0.2, 0) is 0 Å². The van der Waals surface area contributed by atoms with E-state index in [0.717, 1.165) is 22.7 Å². The number of carbonyl (C=O) groups is 1. The lowest BCUT2D eigenvalue weighted by atomic mass is 9.97. The topological polar surface area (TPSA) is 50.7 Å². The molecule has 0 spiro atoms. The van der Waals surface area contributed by atoms with Crippen LogP contribution in [0.15, 0.2) is 70.9 Å². The second-order valence-corrected chi connectivity index (χ2v) is 9.42. The van der Waals surface area contributed by atoms with Gasteiger partial charge >= 0.3 is 0 Å². The number of fused-ring (bicyclic) bond motifs is 3. The zero-order valence-electron chi connectivity index (χ0n) is 18.0. The molecule has 1 aromatic heterocycles. The third-order valence-corrected chi connectivity index (χ3v) is 7.65. The number of allylic oxidation sites excluding steroid dienone is 5. The van der Waals surface area contributed by atoms with Crippen LogP contribution in [0.5, 0.6) is 5.75 Å². The number of anilines is 1. The summed E-state index contributed by atoms with van der Waals surface area (Å²) >= 11 is 1.70. The van der Waals surface area contributed by atoms with Gasteiger partial charge in [0, 0.05) is 40.0 Å². The van der Waals surface area contributed by atoms with E-state index < -0.39 is 0 Å². The summed E-state index contributed by atoms with van der Waals surface area (Å²) in [5.41, 5.74) is 5.25. The molecule has 2 aromatic rings. The van der Waals surface area contributed by atoms with Gasteiger partial charge in [-0.2, -0.15) is 0 Å². The Morgan fingerprint density at radius 3 is 2.94 bits per heavy atom. The molecule has 5 heteroatoms. The number of methoxy groups -OCH3 is 1. The van der Waals surface area contributed by atoms with Crippen molar-refractivity contribution in [1.82, 2.24) is 0 Å². The van der Waals surface area contributed by atoms with Gasteiger partial charge in [0.2, 0.25) is 0 Å². The van der Waals surface area contributed by atoms with Crippen molar-refractivity contribution in [2.24, 2.45) is 16.8 Å². The molecule has 5 rings (SSSR count). The maximum atomic E-state index is 13.2. The number of carbonyl (C=O) groups excluding carboxylic acids is 1. The molecule has 158 valence electrons. The average Bonchev–Trinajstić information content (AvgIpc) is 3.51. The Hall–Kier alpha value is -2.92. The van der Waals surface area contributed by atoms with E-state index >= 15 is 0 Å². The van der Waals surface area contributed by atoms with Crippen molar-refractivity contribution < 1.29 is 9.53 Å². The molecule has 0 bridgehead atoms. The normalized spacial score (nSPS) is 22.2. The number of ether oxygens (including phenoxy) is 1. The molecule has 0 amide bonds. The molecular weight excluding hydrogens is 404 g/mol. The van der Waals surface area contributed by atoms with Crippen molar-refractivity contribution >= 4 is 28.5 Å². The summed E-state index contributed by atoms with van der Waals surface area (Å²) in [7, 11) is 3.46. The zero-order chi connectivity index (χ0) is 21.5. The van der Waals surface area contributed by atoms with E-state index in [2.05, 4.69) is 41.8 Å². The van der Waals surface area contributed by atoms with Crippen molar-refractivity contribution in [2.45, 2.75) is 25.7 Å². The van der Waals surface area contributed by atoms with Crippen LogP contribution in [0, 0.1) is 11.8 Å². The Morgan fingerprint density at radius 1 is 1.26 bits per heavy atom. The quantitative estimate of drug-likeness (QED) is 0.572. The minimum Gasteiger partial charge on any atom is -0.497 e. The number of nitrogens with one attached hydrogen (secondary N) is 1. The van der Waals surface area contributed by atoms with Gasteiger partial charge in [0.15, 0.2) is 5.78 Å². The molecule has 2 aliphatic carbocycles. The van der Waals surface area contributed by atoms with Gasteiger partial charge in [-0.15, -0.1) is 11.3 Å². The Morgan fingerprint density at radius 2 is 2.13 bits per heavy atom. The van der Waals surface area contributed by atoms with Crippen LogP contribution in [0.3, 0.4) is 0 Å². The van der Waals surface area contributed by atoms with Crippen molar-refractivity contribution in [3.63, 3.8) is 0 Å². The number of hydrogen-bond acceptors (Lipinski definition) is 5. The van der Waals surface area contributed by atoms with Gasteiger partial charge in [-0.3, -0.25) is 9.79 Å². The fourth-order valence-electron chi connectivity index (χ4n) is 4.47. The summed E-state index contributed by atoms with van der Waals surface area (Å²) in [6.07, 6.45) is 10.9. The van der Waals surface area contributed by atoms with Crippen LogP contribution < -0.4 is 10.1 Å². The molecule has 1 saturated carbocycles. The fraction of sp³-hybridized carbons (Fsp3) is 0.308. The molecule has 0 saturated heterocycles. The zero-order valence-corrected chi connectivity index (χ0v) is 18.8. The summed E-state index contributed by atoms with van der Waals surface area (Å²) in [5.74, 6) is 1.70. The minimum atomic E-state index is -0.217. The van der Waals surface area contributed by atoms with Gasteiger partial charge < -0.3 is 10.1 Å². The van der Waals surface area contributed by atoms with Crippen LogP contribution in [0.2, 0.25) is 0 Å². The van der Waals surface area contributed by atoms with Crippen molar-refractivity contribution in [1.29, 1.82) is 0 Å². The summed E-state index contributed by atoms with van der Waals surface area (Å²) in [5, 5.41) is 3.10. The van der Waals surface area contributed by atoms with Crippen LogP contribution in [0.25, 0.3) is 0 Å². The Kier molecular flexibility index (Phi) is 5.14. The van der Waals surface area contributed by atoms with E-state index in [1.54, 1.807) is 18.4 Å². The molecule has 4 nitrogen and oxygen atoms in total. The Balaban J connectivity index is 1.42. The van der Waals surface area contributed by atoms with Gasteiger partial charge in [-0.1, -0.05) is 25.2 Å². The molecule has 2 heterocycles. The monoisotopic (exact) mass is 430 g/mol. The van der Waals surface area contributed by atoms with E-state index in [9.17, 15) is 4.79 Å². The molecule has 1 aromatic carbocycles. The molecule has 0 radical (unpaired) electrons. The summed E-state index contributed by atoms with van der Waals surface area (Å²) in [6, 6.07) is 9.82. The van der Waals surface area contributed by atoms with Crippen molar-refractivity contribution in [3.05, 3.63) is 81.2 Å². The van der Waals surface area contributed by atoms with Gasteiger partial charge in [0.25, 0.3) is 0 Å². The largest absolute Gasteiger partial charge is 0.497 e. The summed E-state index contributed by atoms with van der Waals surface area (Å²) < 4.78 is 5.37. The van der Waals surface area contributed by atoms with E-state index in [-0.39, 0.29) is 11.7 Å². The van der Waals surface area contributed by atoms with Crippen molar-refractivity contribution in [2.75, 3.05) is 19.5 Å². The van der Waals surface area contributed by atoms with E-state index in [0.29, 0.717) is 23.1 Å². The minimum absolute atomic E-state index is 0.0977. The Labute approximate surface area is 187 Å². The fourth-order valence-corrected chi connectivity index (χ4v) is 5.59. The molecule has 1 N–H and O–H groups in total. The summed E-state index contributed by atoms with van der Waals surface area (Å²) in [6.45, 7) is 1.98. The lowest BCUT2D eigenvalue weighted by molar-refractivity contribution is 0.0967. The predicted molar refractivity (Wildman–Crippen MR) is 128 cm³/mol. The number of benzene rings is 1.